The number of hydrogen-bond acceptors (Lipinski definition) is 6. The van der Waals surface area contributed by atoms with Gasteiger partial charge >= 0.3 is 5.97 Å². The number of amides is 1. The van der Waals surface area contributed by atoms with Gasteiger partial charge in [-0.05, 0) is 44.4 Å². The first-order chi connectivity index (χ1) is 11.1. The second-order valence-electron chi connectivity index (χ2n) is 6.20. The molecule has 1 amide bonds. The molecule has 23 heavy (non-hydrogen) atoms. The topological polar surface area (TPSA) is 99.0 Å². The molecule has 3 unspecified atom stereocenters. The van der Waals surface area contributed by atoms with Crippen molar-refractivity contribution >= 4 is 12.4 Å². The first-order valence-electron chi connectivity index (χ1n) is 8.30. The van der Waals surface area contributed by atoms with Gasteiger partial charge in [-0.3, -0.25) is 4.79 Å². The first-order valence-corrected chi connectivity index (χ1v) is 8.30. The van der Waals surface area contributed by atoms with E-state index < -0.39 is 11.1 Å². The van der Waals surface area contributed by atoms with Crippen molar-refractivity contribution in [3.63, 3.8) is 0 Å². The van der Waals surface area contributed by atoms with Crippen LogP contribution < -0.4 is 0 Å². The van der Waals surface area contributed by atoms with Crippen molar-refractivity contribution in [2.75, 3.05) is 13.2 Å². The summed E-state index contributed by atoms with van der Waals surface area (Å²) in [5, 5.41) is 9.16. The van der Waals surface area contributed by atoms with Crippen LogP contribution in [0.15, 0.2) is 0 Å². The summed E-state index contributed by atoms with van der Waals surface area (Å²) in [7, 11) is 0. The van der Waals surface area contributed by atoms with Gasteiger partial charge in [0.1, 0.15) is 6.04 Å². The van der Waals surface area contributed by atoms with E-state index in [1.807, 2.05) is 0 Å². The highest BCUT2D eigenvalue weighted by atomic mass is 16.9. The van der Waals surface area contributed by atoms with Crippen molar-refractivity contribution in [3.8, 4) is 0 Å². The summed E-state index contributed by atoms with van der Waals surface area (Å²) in [6.45, 7) is 0.430. The third-order valence-corrected chi connectivity index (χ3v) is 4.76. The maximum absolute atomic E-state index is 12.1. The Morgan fingerprint density at radius 2 is 1.96 bits per heavy atom. The molecule has 0 aromatic rings. The molecule has 0 aromatic heterocycles. The second-order valence-corrected chi connectivity index (χ2v) is 6.20. The van der Waals surface area contributed by atoms with E-state index in [1.165, 1.54) is 0 Å². The molecule has 130 valence electrons. The normalized spacial score (nSPS) is 25.9. The zero-order valence-corrected chi connectivity index (χ0v) is 13.2. The van der Waals surface area contributed by atoms with Crippen LogP contribution in [-0.2, 0) is 19.2 Å². The molecule has 1 aliphatic carbocycles. The molecule has 0 spiro atoms. The highest BCUT2D eigenvalue weighted by Gasteiger charge is 2.46. The molecule has 0 bridgehead atoms. The number of ether oxygens (including phenoxy) is 1. The van der Waals surface area contributed by atoms with Crippen LogP contribution in [0, 0.1) is 16.0 Å². The molecule has 1 saturated carbocycles. The van der Waals surface area contributed by atoms with Gasteiger partial charge in [-0.25, -0.2) is 4.79 Å². The molecule has 1 heterocycles. The van der Waals surface area contributed by atoms with Gasteiger partial charge in [0.25, 0.3) is 5.09 Å². The lowest BCUT2D eigenvalue weighted by atomic mass is 10.0. The molecule has 0 aromatic carbocycles. The first kappa shape index (κ1) is 17.5. The molecular weight excluding hydrogens is 304 g/mol. The van der Waals surface area contributed by atoms with Crippen LogP contribution in [0.1, 0.15) is 51.4 Å². The van der Waals surface area contributed by atoms with E-state index in [0.29, 0.717) is 25.4 Å². The molecule has 1 aliphatic heterocycles. The van der Waals surface area contributed by atoms with Crippen molar-refractivity contribution in [1.82, 2.24) is 4.90 Å². The van der Waals surface area contributed by atoms with Crippen LogP contribution in [0.5, 0.6) is 0 Å². The minimum absolute atomic E-state index is 0.103. The maximum Gasteiger partial charge on any atom is 0.328 e. The summed E-state index contributed by atoms with van der Waals surface area (Å²) < 4.78 is 5.29. The zero-order chi connectivity index (χ0) is 16.7. The third kappa shape index (κ3) is 4.80. The number of rotatable bonds is 10. The standard InChI is InChI=1S/C15H24N2O6/c18-11-16-13-7-5-6-12(13)10-14(16)15(19)22-8-3-1-2-4-9-23-17(20)21/h11-14H,1-10H2. The van der Waals surface area contributed by atoms with Gasteiger partial charge in [-0.15, -0.1) is 10.1 Å². The Bertz CT molecular complexity index is 430. The van der Waals surface area contributed by atoms with Gasteiger partial charge in [0.2, 0.25) is 6.41 Å². The quantitative estimate of drug-likeness (QED) is 0.199. The predicted molar refractivity (Wildman–Crippen MR) is 79.8 cm³/mol. The van der Waals surface area contributed by atoms with Gasteiger partial charge in [0.05, 0.1) is 13.2 Å². The third-order valence-electron chi connectivity index (χ3n) is 4.76. The molecule has 2 aliphatic rings. The Balaban J connectivity index is 1.58. The highest BCUT2D eigenvalue weighted by Crippen LogP contribution is 2.40. The van der Waals surface area contributed by atoms with E-state index in [2.05, 4.69) is 4.84 Å². The van der Waals surface area contributed by atoms with Gasteiger partial charge in [-0.2, -0.15) is 0 Å². The molecule has 8 heteroatoms. The zero-order valence-electron chi connectivity index (χ0n) is 13.2. The summed E-state index contributed by atoms with van der Waals surface area (Å²) in [5.41, 5.74) is 0. The lowest BCUT2D eigenvalue weighted by molar-refractivity contribution is -0.757. The van der Waals surface area contributed by atoms with E-state index in [1.54, 1.807) is 4.90 Å². The SMILES string of the molecule is O=CN1C(C(=O)OCCCCCCO[N+](=O)[O-])CC2CCCC21. The minimum atomic E-state index is -0.794. The number of carbonyl (C=O) groups excluding carboxylic acids is 2. The summed E-state index contributed by atoms with van der Waals surface area (Å²) in [6.07, 6.45) is 7.65. The van der Waals surface area contributed by atoms with Crippen LogP contribution in [0.25, 0.3) is 0 Å². The van der Waals surface area contributed by atoms with Crippen molar-refractivity contribution in [3.05, 3.63) is 10.1 Å². The number of hydrogen-bond donors (Lipinski definition) is 0. The van der Waals surface area contributed by atoms with Gasteiger partial charge in [0, 0.05) is 6.04 Å². The average molecular weight is 328 g/mol. The highest BCUT2D eigenvalue weighted by molar-refractivity contribution is 5.79. The molecule has 1 saturated heterocycles. The molecule has 8 nitrogen and oxygen atoms in total. The second kappa shape index (κ2) is 8.69. The number of esters is 1. The van der Waals surface area contributed by atoms with Crippen molar-refractivity contribution in [1.29, 1.82) is 0 Å². The molecule has 0 radical (unpaired) electrons. The number of unbranched alkanes of at least 4 members (excludes halogenated alkanes) is 3. The molecule has 0 N–H and O–H groups in total. The fourth-order valence-electron chi connectivity index (χ4n) is 3.66. The van der Waals surface area contributed by atoms with Crippen LogP contribution in [0.2, 0.25) is 0 Å². The van der Waals surface area contributed by atoms with Gasteiger partial charge < -0.3 is 14.5 Å². The molecule has 2 fully saturated rings. The number of likely N-dealkylation sites (tertiary alicyclic amines) is 1. The number of carbonyl (C=O) groups is 2. The largest absolute Gasteiger partial charge is 0.464 e. The van der Waals surface area contributed by atoms with E-state index in [4.69, 9.17) is 4.74 Å². The van der Waals surface area contributed by atoms with E-state index in [9.17, 15) is 19.7 Å². The summed E-state index contributed by atoms with van der Waals surface area (Å²) in [6, 6.07) is -0.206. The molecular formula is C15H24N2O6. The average Bonchev–Trinajstić information content (AvgIpc) is 3.09. The van der Waals surface area contributed by atoms with Crippen LogP contribution in [-0.4, -0.2) is 47.7 Å². The molecule has 3 atom stereocenters. The van der Waals surface area contributed by atoms with Gasteiger partial charge in [0.15, 0.2) is 0 Å². The van der Waals surface area contributed by atoms with Gasteiger partial charge in [-0.1, -0.05) is 12.8 Å². The molecule has 2 rings (SSSR count). The van der Waals surface area contributed by atoms with Crippen molar-refractivity contribution in [2.45, 2.75) is 63.5 Å². The fourth-order valence-corrected chi connectivity index (χ4v) is 3.66. The maximum atomic E-state index is 12.1. The van der Waals surface area contributed by atoms with E-state index >= 15 is 0 Å². The van der Waals surface area contributed by atoms with E-state index in [0.717, 1.165) is 44.9 Å². The monoisotopic (exact) mass is 328 g/mol. The van der Waals surface area contributed by atoms with Crippen LogP contribution in [0.4, 0.5) is 0 Å². The number of nitrogens with zero attached hydrogens (tertiary/aromatic N) is 2. The lowest BCUT2D eigenvalue weighted by Crippen LogP contribution is -2.40. The van der Waals surface area contributed by atoms with Crippen LogP contribution in [0.3, 0.4) is 0 Å². The lowest BCUT2D eigenvalue weighted by Gasteiger charge is -2.23. The Hall–Kier alpha value is -1.86. The van der Waals surface area contributed by atoms with Crippen LogP contribution >= 0.6 is 0 Å². The predicted octanol–water partition coefficient (Wildman–Crippen LogP) is 1.70. The fraction of sp³-hybridized carbons (Fsp3) is 0.867. The smallest absolute Gasteiger partial charge is 0.328 e. The van der Waals surface area contributed by atoms with Crippen molar-refractivity contribution < 1.29 is 24.3 Å². The Morgan fingerprint density at radius 3 is 2.65 bits per heavy atom. The summed E-state index contributed by atoms with van der Waals surface area (Å²) in [5.74, 6) is 0.141. The van der Waals surface area contributed by atoms with E-state index in [-0.39, 0.29) is 18.6 Å². The summed E-state index contributed by atoms with van der Waals surface area (Å²) >= 11 is 0. The Morgan fingerprint density at radius 1 is 1.22 bits per heavy atom. The Kier molecular flexibility index (Phi) is 6.61. The Labute approximate surface area is 135 Å². The number of fused-ring (bicyclic) bond motifs is 1. The minimum Gasteiger partial charge on any atom is -0.464 e. The summed E-state index contributed by atoms with van der Waals surface area (Å²) in [4.78, 5) is 39.2. The van der Waals surface area contributed by atoms with Crippen molar-refractivity contribution in [2.24, 2.45) is 5.92 Å².